The van der Waals surface area contributed by atoms with Gasteiger partial charge in [-0.05, 0) is 48.7 Å². The molecule has 3 rings (SSSR count). The van der Waals surface area contributed by atoms with Crippen molar-refractivity contribution in [1.82, 2.24) is 10.3 Å². The molecule has 0 saturated carbocycles. The first-order valence-electron chi connectivity index (χ1n) is 10.9. The van der Waals surface area contributed by atoms with E-state index in [0.29, 0.717) is 5.56 Å². The summed E-state index contributed by atoms with van der Waals surface area (Å²) >= 11 is 0. The van der Waals surface area contributed by atoms with Crippen molar-refractivity contribution in [3.63, 3.8) is 0 Å². The lowest BCUT2D eigenvalue weighted by atomic mass is 9.98. The second-order valence-electron chi connectivity index (χ2n) is 8.64. The summed E-state index contributed by atoms with van der Waals surface area (Å²) in [4.78, 5) is 16.4. The van der Waals surface area contributed by atoms with Gasteiger partial charge in [0.05, 0.1) is 11.6 Å². The van der Waals surface area contributed by atoms with Crippen molar-refractivity contribution in [2.45, 2.75) is 37.9 Å². The Morgan fingerprint density at radius 3 is 2.30 bits per heavy atom. The molecule has 0 fully saturated rings. The Hall–Kier alpha value is -3.38. The zero-order valence-electron chi connectivity index (χ0n) is 20.0. The van der Waals surface area contributed by atoms with Crippen molar-refractivity contribution < 1.29 is 35.2 Å². The molecule has 0 aliphatic heterocycles. The fourth-order valence-corrected chi connectivity index (χ4v) is 4.19. The molecule has 0 spiro atoms. The summed E-state index contributed by atoms with van der Waals surface area (Å²) in [6.45, 7) is 2.74. The monoisotopic (exact) mass is 541 g/mol. The number of nitrogens with one attached hydrogen (secondary N) is 1. The van der Waals surface area contributed by atoms with Gasteiger partial charge in [0.15, 0.2) is 9.84 Å². The third-order valence-corrected chi connectivity index (χ3v) is 7.03. The van der Waals surface area contributed by atoms with Crippen LogP contribution in [0.25, 0.3) is 11.3 Å². The lowest BCUT2D eigenvalue weighted by Crippen LogP contribution is -2.28. The molecule has 0 bridgehead atoms. The summed E-state index contributed by atoms with van der Waals surface area (Å²) in [6.07, 6.45) is -3.86. The number of carbonyl (C=O) groups excluding carboxylic acids is 1. The van der Waals surface area contributed by atoms with E-state index in [-0.39, 0.29) is 34.5 Å². The molecule has 0 aliphatic rings. The quantitative estimate of drug-likeness (QED) is 0.420. The molecule has 0 aliphatic carbocycles. The topological polar surface area (TPSA) is 102 Å². The van der Waals surface area contributed by atoms with Gasteiger partial charge in [-0.1, -0.05) is 30.3 Å². The molecule has 198 valence electrons. The van der Waals surface area contributed by atoms with Gasteiger partial charge in [0.1, 0.15) is 22.7 Å². The first-order chi connectivity index (χ1) is 17.1. The standard InChI is InChI=1S/C25H24F5N3O3S/c1-13-4-5-16(11-19(13)26)22-17(7-9-21(33-22)25(28,29)30)12-32-24(34)14(2)15-6-8-18(20(27)10-15)23(31)37(3,35)36/h4-11,14,23H,12,31H2,1-3H3,(H,32,34)/t14-,23?/m0/s1. The second-order valence-corrected chi connectivity index (χ2v) is 10.8. The van der Waals surface area contributed by atoms with Crippen LogP contribution in [-0.2, 0) is 27.4 Å². The van der Waals surface area contributed by atoms with E-state index >= 15 is 0 Å². The van der Waals surface area contributed by atoms with Gasteiger partial charge in [-0.15, -0.1) is 0 Å². The van der Waals surface area contributed by atoms with E-state index in [4.69, 9.17) is 5.73 Å². The SMILES string of the molecule is Cc1ccc(-c2nc(C(F)(F)F)ccc2CNC(=O)[C@@H](C)c2ccc(C(N)S(C)(=O)=O)c(F)c2)cc1F. The van der Waals surface area contributed by atoms with Crippen molar-refractivity contribution in [3.05, 3.63) is 88.1 Å². The van der Waals surface area contributed by atoms with E-state index in [2.05, 4.69) is 10.3 Å². The molecule has 2 aromatic carbocycles. The number of hydrogen-bond acceptors (Lipinski definition) is 5. The Morgan fingerprint density at radius 2 is 1.73 bits per heavy atom. The van der Waals surface area contributed by atoms with Gasteiger partial charge in [0.2, 0.25) is 5.91 Å². The molecular weight excluding hydrogens is 517 g/mol. The van der Waals surface area contributed by atoms with Gasteiger partial charge in [-0.2, -0.15) is 13.2 Å². The van der Waals surface area contributed by atoms with Crippen molar-refractivity contribution in [3.8, 4) is 11.3 Å². The number of rotatable bonds is 7. The number of halogens is 5. The third-order valence-electron chi connectivity index (χ3n) is 5.85. The van der Waals surface area contributed by atoms with Crippen molar-refractivity contribution in [2.75, 3.05) is 6.26 Å². The number of pyridine rings is 1. The number of benzene rings is 2. The number of nitrogens with two attached hydrogens (primary N) is 1. The lowest BCUT2D eigenvalue weighted by molar-refractivity contribution is -0.141. The molecule has 6 nitrogen and oxygen atoms in total. The maximum atomic E-state index is 14.5. The number of alkyl halides is 3. The molecule has 3 aromatic rings. The predicted molar refractivity (Wildman–Crippen MR) is 128 cm³/mol. The predicted octanol–water partition coefficient (Wildman–Crippen LogP) is 4.78. The van der Waals surface area contributed by atoms with Crippen LogP contribution in [0.2, 0.25) is 0 Å². The van der Waals surface area contributed by atoms with Crippen LogP contribution in [0.3, 0.4) is 0 Å². The van der Waals surface area contributed by atoms with Crippen LogP contribution in [0.15, 0.2) is 48.5 Å². The fraction of sp³-hybridized carbons (Fsp3) is 0.280. The Morgan fingerprint density at radius 1 is 1.05 bits per heavy atom. The number of aryl methyl sites for hydroxylation is 1. The zero-order chi connectivity index (χ0) is 27.7. The van der Waals surface area contributed by atoms with E-state index in [0.717, 1.165) is 30.5 Å². The summed E-state index contributed by atoms with van der Waals surface area (Å²) in [5.74, 6) is -3.01. The van der Waals surface area contributed by atoms with Gasteiger partial charge >= 0.3 is 6.18 Å². The number of aromatic nitrogens is 1. The summed E-state index contributed by atoms with van der Waals surface area (Å²) in [5.41, 5.74) is 4.86. The molecule has 1 aromatic heterocycles. The van der Waals surface area contributed by atoms with E-state index in [1.165, 1.54) is 38.1 Å². The highest BCUT2D eigenvalue weighted by Gasteiger charge is 2.33. The van der Waals surface area contributed by atoms with Crippen LogP contribution in [0, 0.1) is 18.6 Å². The molecule has 1 amide bonds. The molecule has 12 heteroatoms. The van der Waals surface area contributed by atoms with Gasteiger partial charge in [-0.25, -0.2) is 22.2 Å². The number of amides is 1. The Labute approximate surface area is 210 Å². The number of hydrogen-bond donors (Lipinski definition) is 2. The molecule has 0 saturated heterocycles. The van der Waals surface area contributed by atoms with Gasteiger partial charge < -0.3 is 11.1 Å². The Kier molecular flexibility index (Phi) is 8.03. The first kappa shape index (κ1) is 28.2. The van der Waals surface area contributed by atoms with Crippen molar-refractivity contribution in [1.29, 1.82) is 0 Å². The maximum absolute atomic E-state index is 14.5. The van der Waals surface area contributed by atoms with Gasteiger partial charge in [-0.3, -0.25) is 4.79 Å². The van der Waals surface area contributed by atoms with Crippen molar-refractivity contribution >= 4 is 15.7 Å². The minimum Gasteiger partial charge on any atom is -0.351 e. The van der Waals surface area contributed by atoms with Crippen LogP contribution in [-0.4, -0.2) is 25.6 Å². The van der Waals surface area contributed by atoms with Crippen LogP contribution >= 0.6 is 0 Å². The van der Waals surface area contributed by atoms with E-state index in [9.17, 15) is 35.2 Å². The van der Waals surface area contributed by atoms with E-state index in [1.807, 2.05) is 0 Å². The van der Waals surface area contributed by atoms with Crippen molar-refractivity contribution in [2.24, 2.45) is 5.73 Å². The first-order valence-corrected chi connectivity index (χ1v) is 12.9. The van der Waals surface area contributed by atoms with Crippen LogP contribution < -0.4 is 11.1 Å². The summed E-state index contributed by atoms with van der Waals surface area (Å²) < 4.78 is 91.7. The normalized spacial score (nSPS) is 13.8. The Balaban J connectivity index is 1.85. The number of carbonyl (C=O) groups is 1. The van der Waals surface area contributed by atoms with Crippen LogP contribution in [0.4, 0.5) is 22.0 Å². The van der Waals surface area contributed by atoms with E-state index < -0.39 is 50.5 Å². The number of nitrogens with zero attached hydrogens (tertiary/aromatic N) is 1. The highest BCUT2D eigenvalue weighted by molar-refractivity contribution is 7.90. The third kappa shape index (κ3) is 6.50. The Bertz CT molecular complexity index is 1440. The minimum absolute atomic E-state index is 0.103. The van der Waals surface area contributed by atoms with Gasteiger partial charge in [0.25, 0.3) is 0 Å². The minimum atomic E-state index is -4.73. The fourth-order valence-electron chi connectivity index (χ4n) is 3.54. The average molecular weight is 542 g/mol. The largest absolute Gasteiger partial charge is 0.433 e. The molecule has 2 atom stereocenters. The second kappa shape index (κ2) is 10.5. The maximum Gasteiger partial charge on any atom is 0.433 e. The van der Waals surface area contributed by atoms with Crippen LogP contribution in [0.1, 0.15) is 46.2 Å². The molecule has 1 heterocycles. The summed E-state index contributed by atoms with van der Waals surface area (Å²) in [6, 6.07) is 9.37. The highest BCUT2D eigenvalue weighted by atomic mass is 32.2. The smallest absolute Gasteiger partial charge is 0.351 e. The highest BCUT2D eigenvalue weighted by Crippen LogP contribution is 2.32. The lowest BCUT2D eigenvalue weighted by Gasteiger charge is -2.17. The summed E-state index contributed by atoms with van der Waals surface area (Å²) in [7, 11) is -3.75. The molecule has 1 unspecified atom stereocenters. The van der Waals surface area contributed by atoms with Gasteiger partial charge in [0, 0.05) is 23.9 Å². The molecule has 3 N–H and O–H groups in total. The zero-order valence-corrected chi connectivity index (χ0v) is 20.8. The number of sulfone groups is 1. The van der Waals surface area contributed by atoms with E-state index in [1.54, 1.807) is 0 Å². The van der Waals surface area contributed by atoms with Crippen LogP contribution in [0.5, 0.6) is 0 Å². The average Bonchev–Trinajstić information content (AvgIpc) is 2.82. The molecule has 37 heavy (non-hydrogen) atoms. The molecule has 0 radical (unpaired) electrons. The molecular formula is C25H24F5N3O3S. The summed E-state index contributed by atoms with van der Waals surface area (Å²) in [5, 5.41) is 1.01.